The van der Waals surface area contributed by atoms with Gasteiger partial charge in [0.25, 0.3) is 0 Å². The number of nitrogens with one attached hydrogen (secondary N) is 3. The molecule has 2 unspecified atom stereocenters. The molecule has 5 nitrogen and oxygen atoms in total. The molecule has 1 aliphatic rings. The molecule has 0 saturated heterocycles. The molecule has 3 rings (SSSR count). The average Bonchev–Trinajstić information content (AvgIpc) is 3.23. The Bertz CT molecular complexity index is 772. The zero-order chi connectivity index (χ0) is 18.7. The summed E-state index contributed by atoms with van der Waals surface area (Å²) in [6.45, 7) is 1.82. The summed E-state index contributed by atoms with van der Waals surface area (Å²) in [6.07, 6.45) is -1.24. The molecule has 140 valence electrons. The van der Waals surface area contributed by atoms with Crippen LogP contribution in [-0.2, 0) is 11.0 Å². The first kappa shape index (κ1) is 18.3. The standard InChI is InChI=1S/C18H21F3N4O/c1-2-17(26)23-14-7-6-11(8-14)15-10-16(25-24-15)22-13-5-3-4-12(9-13)18(19,20)21/h3-5,9-11,14H,2,6-8H2,1H3,(H,23,26)(H2,22,24,25). The van der Waals surface area contributed by atoms with Crippen LogP contribution in [0.4, 0.5) is 24.7 Å². The van der Waals surface area contributed by atoms with Crippen molar-refractivity contribution in [2.24, 2.45) is 0 Å². The lowest BCUT2D eigenvalue weighted by Crippen LogP contribution is -2.32. The average molecular weight is 366 g/mol. The number of anilines is 2. The summed E-state index contributed by atoms with van der Waals surface area (Å²) >= 11 is 0. The number of hydrogen-bond donors (Lipinski definition) is 3. The van der Waals surface area contributed by atoms with Crippen molar-refractivity contribution in [2.75, 3.05) is 5.32 Å². The van der Waals surface area contributed by atoms with E-state index in [0.717, 1.165) is 37.1 Å². The Morgan fingerprint density at radius 1 is 1.31 bits per heavy atom. The van der Waals surface area contributed by atoms with E-state index in [4.69, 9.17) is 0 Å². The van der Waals surface area contributed by atoms with E-state index >= 15 is 0 Å². The number of nitrogens with zero attached hydrogens (tertiary/aromatic N) is 1. The van der Waals surface area contributed by atoms with Crippen LogP contribution in [0.25, 0.3) is 0 Å². The minimum atomic E-state index is -4.38. The Balaban J connectivity index is 1.63. The highest BCUT2D eigenvalue weighted by atomic mass is 19.4. The van der Waals surface area contributed by atoms with Gasteiger partial charge in [-0.05, 0) is 37.5 Å². The zero-order valence-electron chi connectivity index (χ0n) is 14.4. The zero-order valence-corrected chi connectivity index (χ0v) is 14.4. The van der Waals surface area contributed by atoms with Crippen molar-refractivity contribution in [1.29, 1.82) is 0 Å². The normalized spacial score (nSPS) is 20.2. The van der Waals surface area contributed by atoms with Crippen LogP contribution in [0.5, 0.6) is 0 Å². The maximum atomic E-state index is 12.8. The topological polar surface area (TPSA) is 69.8 Å². The Labute approximate surface area is 149 Å². The predicted octanol–water partition coefficient (Wildman–Crippen LogP) is 4.33. The molecule has 1 heterocycles. The lowest BCUT2D eigenvalue weighted by atomic mass is 10.0. The summed E-state index contributed by atoms with van der Waals surface area (Å²) in [5, 5.41) is 13.0. The van der Waals surface area contributed by atoms with E-state index in [2.05, 4.69) is 20.8 Å². The molecule has 1 aromatic carbocycles. The van der Waals surface area contributed by atoms with Crippen molar-refractivity contribution in [3.8, 4) is 0 Å². The van der Waals surface area contributed by atoms with Crippen LogP contribution in [-0.4, -0.2) is 22.1 Å². The van der Waals surface area contributed by atoms with Crippen molar-refractivity contribution in [2.45, 2.75) is 50.7 Å². The number of aromatic amines is 1. The van der Waals surface area contributed by atoms with E-state index < -0.39 is 11.7 Å². The van der Waals surface area contributed by atoms with E-state index in [1.165, 1.54) is 6.07 Å². The number of H-pyrrole nitrogens is 1. The molecule has 0 aliphatic heterocycles. The van der Waals surface area contributed by atoms with E-state index in [9.17, 15) is 18.0 Å². The minimum absolute atomic E-state index is 0.0483. The molecule has 2 aromatic rings. The first-order valence-corrected chi connectivity index (χ1v) is 8.64. The van der Waals surface area contributed by atoms with Gasteiger partial charge in [0.2, 0.25) is 5.91 Å². The van der Waals surface area contributed by atoms with Gasteiger partial charge in [-0.25, -0.2) is 0 Å². The van der Waals surface area contributed by atoms with Crippen LogP contribution < -0.4 is 10.6 Å². The quantitative estimate of drug-likeness (QED) is 0.737. The number of carbonyl (C=O) groups excluding carboxylic acids is 1. The number of aromatic nitrogens is 2. The van der Waals surface area contributed by atoms with Crippen molar-refractivity contribution in [1.82, 2.24) is 15.5 Å². The van der Waals surface area contributed by atoms with Crippen LogP contribution in [0.2, 0.25) is 0 Å². The number of alkyl halides is 3. The number of amides is 1. The Kier molecular flexibility index (Phi) is 5.20. The second-order valence-corrected chi connectivity index (χ2v) is 6.54. The highest BCUT2D eigenvalue weighted by Crippen LogP contribution is 2.35. The second kappa shape index (κ2) is 7.39. The predicted molar refractivity (Wildman–Crippen MR) is 92.1 cm³/mol. The van der Waals surface area contributed by atoms with Crippen LogP contribution in [0.15, 0.2) is 30.3 Å². The Hall–Kier alpha value is -2.51. The van der Waals surface area contributed by atoms with Crippen molar-refractivity contribution >= 4 is 17.4 Å². The molecular formula is C18H21F3N4O. The van der Waals surface area contributed by atoms with E-state index in [-0.39, 0.29) is 17.9 Å². The van der Waals surface area contributed by atoms with Crippen LogP contribution >= 0.6 is 0 Å². The summed E-state index contributed by atoms with van der Waals surface area (Å²) < 4.78 is 38.4. The third-order valence-electron chi connectivity index (χ3n) is 4.62. The highest BCUT2D eigenvalue weighted by Gasteiger charge is 2.30. The highest BCUT2D eigenvalue weighted by molar-refractivity contribution is 5.75. The Morgan fingerprint density at radius 2 is 2.12 bits per heavy atom. The summed E-state index contributed by atoms with van der Waals surface area (Å²) in [5.41, 5.74) is 0.550. The van der Waals surface area contributed by atoms with Gasteiger partial charge in [-0.2, -0.15) is 18.3 Å². The van der Waals surface area contributed by atoms with Crippen molar-refractivity contribution in [3.05, 3.63) is 41.6 Å². The van der Waals surface area contributed by atoms with E-state index in [1.54, 1.807) is 6.07 Å². The molecule has 1 aliphatic carbocycles. The lowest BCUT2D eigenvalue weighted by Gasteiger charge is -2.11. The molecule has 1 saturated carbocycles. The third kappa shape index (κ3) is 4.36. The molecule has 1 amide bonds. The molecule has 0 radical (unpaired) electrons. The third-order valence-corrected chi connectivity index (χ3v) is 4.62. The number of carbonyl (C=O) groups is 1. The van der Waals surface area contributed by atoms with Crippen LogP contribution in [0, 0.1) is 0 Å². The van der Waals surface area contributed by atoms with Gasteiger partial charge in [-0.3, -0.25) is 9.89 Å². The number of hydrogen-bond acceptors (Lipinski definition) is 3. The largest absolute Gasteiger partial charge is 0.416 e. The van der Waals surface area contributed by atoms with E-state index in [0.29, 0.717) is 17.9 Å². The summed E-state index contributed by atoms with van der Waals surface area (Å²) in [5.74, 6) is 0.772. The molecule has 26 heavy (non-hydrogen) atoms. The summed E-state index contributed by atoms with van der Waals surface area (Å²) in [7, 11) is 0. The summed E-state index contributed by atoms with van der Waals surface area (Å²) in [4.78, 5) is 11.5. The second-order valence-electron chi connectivity index (χ2n) is 6.54. The molecule has 2 atom stereocenters. The fourth-order valence-corrected chi connectivity index (χ4v) is 3.26. The van der Waals surface area contributed by atoms with Gasteiger partial charge in [0.05, 0.1) is 5.56 Å². The molecule has 1 fully saturated rings. The number of rotatable bonds is 5. The van der Waals surface area contributed by atoms with Gasteiger partial charge in [-0.15, -0.1) is 0 Å². The van der Waals surface area contributed by atoms with Gasteiger partial charge >= 0.3 is 6.18 Å². The summed E-state index contributed by atoms with van der Waals surface area (Å²) in [6, 6.07) is 6.99. The van der Waals surface area contributed by atoms with Gasteiger partial charge in [0.1, 0.15) is 0 Å². The fraction of sp³-hybridized carbons (Fsp3) is 0.444. The van der Waals surface area contributed by atoms with Crippen LogP contribution in [0.1, 0.15) is 49.8 Å². The van der Waals surface area contributed by atoms with Gasteiger partial charge < -0.3 is 10.6 Å². The van der Waals surface area contributed by atoms with Crippen molar-refractivity contribution < 1.29 is 18.0 Å². The SMILES string of the molecule is CCC(=O)NC1CCC(c2cc(Nc3cccc(C(F)(F)F)c3)n[nH]2)C1. The number of benzene rings is 1. The molecule has 3 N–H and O–H groups in total. The fourth-order valence-electron chi connectivity index (χ4n) is 3.26. The smallest absolute Gasteiger partial charge is 0.353 e. The Morgan fingerprint density at radius 3 is 2.85 bits per heavy atom. The van der Waals surface area contributed by atoms with Gasteiger partial charge in [0.15, 0.2) is 5.82 Å². The monoisotopic (exact) mass is 366 g/mol. The lowest BCUT2D eigenvalue weighted by molar-refractivity contribution is -0.137. The number of halogens is 3. The van der Waals surface area contributed by atoms with Crippen LogP contribution in [0.3, 0.4) is 0 Å². The molecule has 8 heteroatoms. The first-order chi connectivity index (χ1) is 12.3. The maximum Gasteiger partial charge on any atom is 0.416 e. The molecule has 1 aromatic heterocycles. The molecule has 0 spiro atoms. The molecule has 0 bridgehead atoms. The maximum absolute atomic E-state index is 12.8. The van der Waals surface area contributed by atoms with Crippen molar-refractivity contribution in [3.63, 3.8) is 0 Å². The van der Waals surface area contributed by atoms with Gasteiger partial charge in [0, 0.05) is 35.8 Å². The first-order valence-electron chi connectivity index (χ1n) is 8.64. The van der Waals surface area contributed by atoms with E-state index in [1.807, 2.05) is 13.0 Å². The molecular weight excluding hydrogens is 345 g/mol. The minimum Gasteiger partial charge on any atom is -0.353 e. The van der Waals surface area contributed by atoms with Gasteiger partial charge in [-0.1, -0.05) is 13.0 Å².